The third kappa shape index (κ3) is 4.86. The van der Waals surface area contributed by atoms with E-state index in [0.29, 0.717) is 31.6 Å². The standard InChI is InChI=1S/C19H25F3N2O3S/c20-19(21,22)15-6-4-5-14(13-15)18(25)23-16-7-9-17(10-8-16)28(26,27)24-11-2-1-3-12-24/h7-10,14-15H,1-6,11-13H2,(H,23,25)/t14-,15+/m1/s1. The highest BCUT2D eigenvalue weighted by Crippen LogP contribution is 2.40. The van der Waals surface area contributed by atoms with E-state index in [4.69, 9.17) is 0 Å². The minimum absolute atomic E-state index is 0.0658. The average molecular weight is 418 g/mol. The topological polar surface area (TPSA) is 66.5 Å². The smallest absolute Gasteiger partial charge is 0.326 e. The molecule has 1 aliphatic heterocycles. The second kappa shape index (κ2) is 8.41. The van der Waals surface area contributed by atoms with Gasteiger partial charge in [-0.05, 0) is 56.4 Å². The largest absolute Gasteiger partial charge is 0.391 e. The fourth-order valence-electron chi connectivity index (χ4n) is 3.93. The molecule has 2 atom stereocenters. The Morgan fingerprint density at radius 2 is 1.64 bits per heavy atom. The number of nitrogens with zero attached hydrogens (tertiary/aromatic N) is 1. The van der Waals surface area contributed by atoms with E-state index >= 15 is 0 Å². The summed E-state index contributed by atoms with van der Waals surface area (Å²) in [5, 5.41) is 2.63. The summed E-state index contributed by atoms with van der Waals surface area (Å²) in [6, 6.07) is 5.83. The average Bonchev–Trinajstić information content (AvgIpc) is 2.68. The zero-order chi connectivity index (χ0) is 20.4. The number of nitrogens with one attached hydrogen (secondary N) is 1. The van der Waals surface area contributed by atoms with Crippen molar-refractivity contribution in [1.29, 1.82) is 0 Å². The fraction of sp³-hybridized carbons (Fsp3) is 0.632. The molecule has 156 valence electrons. The molecule has 5 nitrogen and oxygen atoms in total. The molecule has 9 heteroatoms. The molecule has 0 unspecified atom stereocenters. The number of alkyl halides is 3. The summed E-state index contributed by atoms with van der Waals surface area (Å²) >= 11 is 0. The fourth-order valence-corrected chi connectivity index (χ4v) is 5.45. The van der Waals surface area contributed by atoms with E-state index in [1.807, 2.05) is 0 Å². The van der Waals surface area contributed by atoms with Gasteiger partial charge in [0.05, 0.1) is 10.8 Å². The van der Waals surface area contributed by atoms with Crippen molar-refractivity contribution >= 4 is 21.6 Å². The molecule has 0 aromatic heterocycles. The number of carbonyl (C=O) groups is 1. The molecule has 1 amide bonds. The first-order valence-corrected chi connectivity index (χ1v) is 11.1. The Morgan fingerprint density at radius 3 is 2.25 bits per heavy atom. The molecule has 1 saturated heterocycles. The van der Waals surface area contributed by atoms with Crippen LogP contribution >= 0.6 is 0 Å². The second-order valence-corrected chi connectivity index (χ2v) is 9.52. The Morgan fingerprint density at radius 1 is 1.00 bits per heavy atom. The van der Waals surface area contributed by atoms with Gasteiger partial charge in [0.1, 0.15) is 0 Å². The van der Waals surface area contributed by atoms with Gasteiger partial charge < -0.3 is 5.32 Å². The molecule has 0 spiro atoms. The molecule has 1 aromatic rings. The van der Waals surface area contributed by atoms with Gasteiger partial charge in [-0.3, -0.25) is 4.79 Å². The monoisotopic (exact) mass is 418 g/mol. The van der Waals surface area contributed by atoms with Crippen LogP contribution in [0.5, 0.6) is 0 Å². The predicted molar refractivity (Wildman–Crippen MR) is 99.2 cm³/mol. The van der Waals surface area contributed by atoms with E-state index < -0.39 is 33.9 Å². The zero-order valence-electron chi connectivity index (χ0n) is 15.5. The second-order valence-electron chi connectivity index (χ2n) is 7.58. The summed E-state index contributed by atoms with van der Waals surface area (Å²) in [6.45, 7) is 1.01. The van der Waals surface area contributed by atoms with Crippen LogP contribution < -0.4 is 5.32 Å². The van der Waals surface area contributed by atoms with Gasteiger partial charge in [-0.2, -0.15) is 17.5 Å². The third-order valence-corrected chi connectivity index (χ3v) is 7.50. The van der Waals surface area contributed by atoms with Crippen LogP contribution in [0.1, 0.15) is 44.9 Å². The molecule has 0 bridgehead atoms. The van der Waals surface area contributed by atoms with E-state index in [9.17, 15) is 26.4 Å². The van der Waals surface area contributed by atoms with Crippen LogP contribution in [0, 0.1) is 11.8 Å². The molecule has 1 aliphatic carbocycles. The number of halogens is 3. The van der Waals surface area contributed by atoms with Crippen LogP contribution in [0.15, 0.2) is 29.2 Å². The number of rotatable bonds is 4. The summed E-state index contributed by atoms with van der Waals surface area (Å²) in [5.41, 5.74) is 0.386. The van der Waals surface area contributed by atoms with Crippen LogP contribution in [0.25, 0.3) is 0 Å². The van der Waals surface area contributed by atoms with E-state index in [0.717, 1.165) is 19.3 Å². The number of carbonyl (C=O) groups excluding carboxylic acids is 1. The minimum atomic E-state index is -4.27. The highest BCUT2D eigenvalue weighted by molar-refractivity contribution is 7.89. The number of piperidine rings is 1. The molecular formula is C19H25F3N2O3S. The first kappa shape index (κ1) is 21.1. The Kier molecular flexibility index (Phi) is 6.34. The Hall–Kier alpha value is -1.61. The van der Waals surface area contributed by atoms with Gasteiger partial charge in [0.25, 0.3) is 0 Å². The maximum Gasteiger partial charge on any atom is 0.391 e. The van der Waals surface area contributed by atoms with Gasteiger partial charge in [-0.25, -0.2) is 8.42 Å². The van der Waals surface area contributed by atoms with E-state index in [1.165, 1.54) is 28.6 Å². The van der Waals surface area contributed by atoms with Crippen molar-refractivity contribution in [2.75, 3.05) is 18.4 Å². The molecule has 1 aromatic carbocycles. The van der Waals surface area contributed by atoms with E-state index in [2.05, 4.69) is 5.32 Å². The molecule has 1 saturated carbocycles. The van der Waals surface area contributed by atoms with Crippen molar-refractivity contribution in [2.45, 2.75) is 56.0 Å². The summed E-state index contributed by atoms with van der Waals surface area (Å²) in [6.07, 6.45) is -0.902. The summed E-state index contributed by atoms with van der Waals surface area (Å²) in [7, 11) is -3.56. The van der Waals surface area contributed by atoms with Crippen molar-refractivity contribution < 1.29 is 26.4 Å². The van der Waals surface area contributed by atoms with Crippen LogP contribution in [-0.2, 0) is 14.8 Å². The summed E-state index contributed by atoms with van der Waals surface area (Å²) < 4.78 is 65.5. The number of anilines is 1. The molecule has 1 heterocycles. The number of benzene rings is 1. The lowest BCUT2D eigenvalue weighted by Crippen LogP contribution is -2.35. The van der Waals surface area contributed by atoms with Gasteiger partial charge in [0, 0.05) is 24.7 Å². The molecule has 1 N–H and O–H groups in total. The molecular weight excluding hydrogens is 393 g/mol. The molecule has 2 aliphatic rings. The quantitative estimate of drug-likeness (QED) is 0.798. The highest BCUT2D eigenvalue weighted by atomic mass is 32.2. The van der Waals surface area contributed by atoms with Crippen LogP contribution in [0.4, 0.5) is 18.9 Å². The van der Waals surface area contributed by atoms with Crippen molar-refractivity contribution in [3.8, 4) is 0 Å². The van der Waals surface area contributed by atoms with Crippen LogP contribution in [-0.4, -0.2) is 37.9 Å². The molecule has 2 fully saturated rings. The lowest BCUT2D eigenvalue weighted by atomic mass is 9.80. The number of amides is 1. The van der Waals surface area contributed by atoms with Crippen molar-refractivity contribution in [1.82, 2.24) is 4.31 Å². The minimum Gasteiger partial charge on any atom is -0.326 e. The Balaban J connectivity index is 1.63. The third-order valence-electron chi connectivity index (χ3n) is 5.58. The highest BCUT2D eigenvalue weighted by Gasteiger charge is 2.43. The van der Waals surface area contributed by atoms with E-state index in [1.54, 1.807) is 0 Å². The number of hydrogen-bond acceptors (Lipinski definition) is 3. The Labute approximate surface area is 163 Å². The molecule has 28 heavy (non-hydrogen) atoms. The number of hydrogen-bond donors (Lipinski definition) is 1. The summed E-state index contributed by atoms with van der Waals surface area (Å²) in [5.74, 6) is -2.56. The van der Waals surface area contributed by atoms with Crippen molar-refractivity contribution in [3.63, 3.8) is 0 Å². The summed E-state index contributed by atoms with van der Waals surface area (Å²) in [4.78, 5) is 12.5. The lowest BCUT2D eigenvalue weighted by molar-refractivity contribution is -0.185. The van der Waals surface area contributed by atoms with E-state index in [-0.39, 0.29) is 17.7 Å². The van der Waals surface area contributed by atoms with Gasteiger partial charge in [0.15, 0.2) is 0 Å². The first-order valence-electron chi connectivity index (χ1n) is 9.66. The van der Waals surface area contributed by atoms with Gasteiger partial charge >= 0.3 is 6.18 Å². The van der Waals surface area contributed by atoms with Crippen molar-refractivity contribution in [3.05, 3.63) is 24.3 Å². The maximum atomic E-state index is 12.9. The van der Waals surface area contributed by atoms with Gasteiger partial charge in [-0.15, -0.1) is 0 Å². The zero-order valence-corrected chi connectivity index (χ0v) is 16.4. The van der Waals surface area contributed by atoms with Gasteiger partial charge in [-0.1, -0.05) is 12.8 Å². The predicted octanol–water partition coefficient (Wildman–Crippen LogP) is 4.17. The van der Waals surface area contributed by atoms with Crippen LogP contribution in [0.3, 0.4) is 0 Å². The first-order chi connectivity index (χ1) is 13.2. The van der Waals surface area contributed by atoms with Crippen LogP contribution in [0.2, 0.25) is 0 Å². The molecule has 0 radical (unpaired) electrons. The maximum absolute atomic E-state index is 12.9. The lowest BCUT2D eigenvalue weighted by Gasteiger charge is -2.29. The Bertz CT molecular complexity index is 788. The SMILES string of the molecule is O=C(Nc1ccc(S(=O)(=O)N2CCCCC2)cc1)[C@@H]1CCC[C@H](C(F)(F)F)C1. The normalized spacial score (nSPS) is 24.7. The molecule has 3 rings (SSSR count). The van der Waals surface area contributed by atoms with Crippen molar-refractivity contribution in [2.24, 2.45) is 11.8 Å². The van der Waals surface area contributed by atoms with Gasteiger partial charge in [0.2, 0.25) is 15.9 Å². The number of sulfonamides is 1.